The zero-order valence-electron chi connectivity index (χ0n) is 39.3. The summed E-state index contributed by atoms with van der Waals surface area (Å²) >= 11 is 6.33. The van der Waals surface area contributed by atoms with E-state index in [1.807, 2.05) is 12.1 Å². The predicted octanol–water partition coefficient (Wildman–Crippen LogP) is 11.0. The third-order valence-electron chi connectivity index (χ3n) is 13.6. The van der Waals surface area contributed by atoms with Gasteiger partial charge in [-0.3, -0.25) is 0 Å². The first-order valence-electron chi connectivity index (χ1n) is 22.6. The summed E-state index contributed by atoms with van der Waals surface area (Å²) in [6.45, 7) is 0. The number of hydrogen-bond donors (Lipinski definition) is 18. The maximum absolute atomic E-state index is 11.6. The van der Waals surface area contributed by atoms with Crippen LogP contribution < -0.4 is 15.5 Å². The predicted molar refractivity (Wildman–Crippen MR) is 284 cm³/mol. The first-order chi connectivity index (χ1) is 36.7. The van der Waals surface area contributed by atoms with Crippen molar-refractivity contribution in [2.24, 2.45) is 0 Å². The van der Waals surface area contributed by atoms with E-state index in [1.54, 1.807) is 48.5 Å². The number of phenolic OH excluding ortho intramolecular Hbond substituents is 17. The fourth-order valence-electron chi connectivity index (χ4n) is 9.99. The van der Waals surface area contributed by atoms with Gasteiger partial charge in [0.1, 0.15) is 11.4 Å². The third kappa shape index (κ3) is 7.27. The van der Waals surface area contributed by atoms with Gasteiger partial charge in [0.25, 0.3) is 0 Å². The summed E-state index contributed by atoms with van der Waals surface area (Å²) in [6.07, 6.45) is 0. The normalized spacial score (nSPS) is 11.4. The van der Waals surface area contributed by atoms with Crippen LogP contribution in [0, 0.1) is 37.2 Å². The number of rotatable bonds is 8. The molecule has 11 aromatic carbocycles. The molecule has 0 amide bonds. The molecular weight excluding hydrogens is 1260 g/mol. The molecule has 0 saturated carbocycles. The van der Waals surface area contributed by atoms with Crippen molar-refractivity contribution in [3.63, 3.8) is 0 Å². The van der Waals surface area contributed by atoms with E-state index in [0.29, 0.717) is 43.1 Å². The minimum Gasteiger partial charge on any atom is -0.559 e. The molecule has 22 heteroatoms. The van der Waals surface area contributed by atoms with Gasteiger partial charge >= 0.3 is 0 Å². The molecule has 0 bridgehead atoms. The number of hydrogen-bond acceptors (Lipinski definition) is 20. The van der Waals surface area contributed by atoms with Crippen LogP contribution in [0.3, 0.4) is 0 Å². The molecule has 11 aromatic rings. The molecule has 0 atom stereocenters. The Labute approximate surface area is 465 Å². The van der Waals surface area contributed by atoms with Gasteiger partial charge in [-0.15, -0.1) is 0 Å². The van der Waals surface area contributed by atoms with Gasteiger partial charge in [-0.05, 0) is 79.8 Å². The van der Waals surface area contributed by atoms with Crippen molar-refractivity contribution in [2.75, 3.05) is 15.5 Å². The maximum Gasteiger partial charge on any atom is 0.208 e. The fourth-order valence-corrected chi connectivity index (χ4v) is 10.3. The quantitative estimate of drug-likeness (QED) is 0.0168. The number of benzene rings is 11. The Bertz CT molecular complexity index is 4240. The minimum absolute atomic E-state index is 0. The molecule has 0 aliphatic heterocycles. The van der Waals surface area contributed by atoms with E-state index in [1.165, 1.54) is 58.3 Å². The van der Waals surface area contributed by atoms with Crippen molar-refractivity contribution >= 4 is 94.5 Å². The minimum atomic E-state index is -1.16. The second-order valence-electron chi connectivity index (χ2n) is 17.7. The Morgan fingerprint density at radius 3 is 1.19 bits per heavy atom. The summed E-state index contributed by atoms with van der Waals surface area (Å²) in [5.74, 6) is -16.8. The molecule has 0 spiro atoms. The fraction of sp³-hybridized carbons (Fsp3) is 0. The molecule has 390 valence electrons. The maximum atomic E-state index is 11.6. The van der Waals surface area contributed by atoms with Crippen LogP contribution in [0.15, 0.2) is 109 Å². The smallest absolute Gasteiger partial charge is 0.208 e. The van der Waals surface area contributed by atoms with Crippen molar-refractivity contribution in [1.29, 1.82) is 0 Å². The number of fused-ring (bicyclic) bond motifs is 2. The van der Waals surface area contributed by atoms with Gasteiger partial charge in [-0.25, -0.2) is 0 Å². The van der Waals surface area contributed by atoms with Gasteiger partial charge in [0.2, 0.25) is 34.5 Å². The largest absolute Gasteiger partial charge is 0.559 e. The van der Waals surface area contributed by atoms with E-state index in [9.17, 15) is 86.8 Å². The molecule has 11 rings (SSSR count). The van der Waals surface area contributed by atoms with Crippen LogP contribution in [0.2, 0.25) is 5.02 Å². The van der Waals surface area contributed by atoms with Crippen LogP contribution in [0.25, 0.3) is 65.3 Å². The third-order valence-corrected chi connectivity index (χ3v) is 14.0. The van der Waals surface area contributed by atoms with Gasteiger partial charge in [-0.1, -0.05) is 90.5 Å². The van der Waals surface area contributed by atoms with E-state index in [0.717, 1.165) is 0 Å². The Morgan fingerprint density at radius 2 is 0.705 bits per heavy atom. The Balaban J connectivity index is 0.00000688. The molecule has 0 radical (unpaired) electrons. The van der Waals surface area contributed by atoms with Crippen LogP contribution in [-0.2, 0) is 0 Å². The molecule has 0 heterocycles. The number of nitrogen functional groups attached to an aromatic ring is 1. The molecule has 0 saturated heterocycles. The second-order valence-corrected chi connectivity index (χ2v) is 18.1. The zero-order valence-corrected chi connectivity index (χ0v) is 44.3. The summed E-state index contributed by atoms with van der Waals surface area (Å²) in [6, 6.07) is 30.8. The first-order valence-corrected chi connectivity index (χ1v) is 23.0. The topological polar surface area (TPSA) is 376 Å². The Hall–Kier alpha value is -9.94. The number of anilines is 7. The Morgan fingerprint density at radius 1 is 0.333 bits per heavy atom. The van der Waals surface area contributed by atoms with E-state index in [-0.39, 0.29) is 70.6 Å². The second kappa shape index (κ2) is 18.4. The van der Waals surface area contributed by atoms with Crippen LogP contribution in [-0.4, -0.2) is 86.8 Å². The number of nitrogens with two attached hydrogens (primary N) is 1. The van der Waals surface area contributed by atoms with Gasteiger partial charge in [0, 0.05) is 70.4 Å². The van der Waals surface area contributed by atoms with Crippen LogP contribution in [0.5, 0.6) is 97.7 Å². The average Bonchev–Trinajstić information content (AvgIpc) is 3.62. The number of aromatic hydroxyl groups is 17. The van der Waals surface area contributed by atoms with Crippen molar-refractivity contribution in [2.45, 2.75) is 0 Å². The zero-order chi connectivity index (χ0) is 55.0. The SMILES string of the molecule is Nc1c(O)c(O)c(O)c(N(c2ccc(-c3c(O)c(O)c(O)c(O)c3Cl)cc2)c2ccc3c4cccc5c(N(c6ccc(-c7c(O)c(O)c(O)c(O)c7O)cc6)c6c(O)[c-]c(O)c(O)c6O)ccc(c6cccc2c63)c54)c1O.[U]. The van der Waals surface area contributed by atoms with Crippen LogP contribution in [0.1, 0.15) is 0 Å². The summed E-state index contributed by atoms with van der Waals surface area (Å²) < 4.78 is 0. The molecule has 19 N–H and O–H groups in total. The number of phenols is 17. The van der Waals surface area contributed by atoms with Gasteiger partial charge in [0.05, 0.1) is 39.1 Å². The summed E-state index contributed by atoms with van der Waals surface area (Å²) in [4.78, 5) is 2.67. The molecule has 0 aliphatic carbocycles. The van der Waals surface area contributed by atoms with Crippen molar-refractivity contribution in [1.82, 2.24) is 0 Å². The number of nitrogens with zero attached hydrogens (tertiary/aromatic N) is 2. The monoisotopic (exact) mass is 1300 g/mol. The molecule has 20 nitrogen and oxygen atoms in total. The number of halogens is 1. The average molecular weight is 1300 g/mol. The summed E-state index contributed by atoms with van der Waals surface area (Å²) in [5, 5.41) is 187. The standard InChI is InChI=1S/C56H37ClN3O17.U/c57-38-34(43(64)51(72)54(75)46(38)67)20-7-11-23(12-8-20)60(41-47(68)39(58)48(69)55(76)50(41)71)31-18-16-27-24-3-1-5-28-30(17-15-26(36(24)28)25-4-2-6-29(31)37(25)27)59(40-32(61)19-33(62)42(63)49(40)70)22-13-9-21(10-14-22)35-44(65)52(73)56(77)53(74)45(35)66;/h1-18,61-77H,58H2;/q-1;. The molecule has 0 unspecified atom stereocenters. The van der Waals surface area contributed by atoms with Crippen LogP contribution >= 0.6 is 11.6 Å². The Kier molecular flexibility index (Phi) is 12.2. The van der Waals surface area contributed by atoms with Gasteiger partial charge in [-0.2, -0.15) is 0 Å². The van der Waals surface area contributed by atoms with E-state index in [2.05, 4.69) is 6.07 Å². The summed E-state index contributed by atoms with van der Waals surface area (Å²) in [7, 11) is 0. The molecule has 0 fully saturated rings. The van der Waals surface area contributed by atoms with Gasteiger partial charge in [0.15, 0.2) is 40.2 Å². The van der Waals surface area contributed by atoms with Crippen molar-refractivity contribution in [3.05, 3.63) is 120 Å². The first kappa shape index (κ1) is 51.5. The van der Waals surface area contributed by atoms with E-state index < -0.39 is 125 Å². The van der Waals surface area contributed by atoms with Crippen LogP contribution in [0.4, 0.5) is 39.8 Å². The van der Waals surface area contributed by atoms with Gasteiger partial charge < -0.3 is 102 Å². The van der Waals surface area contributed by atoms with Crippen molar-refractivity contribution in [3.8, 4) is 120 Å². The molecular formula is C56H37ClN3O17U-. The van der Waals surface area contributed by atoms with E-state index >= 15 is 0 Å². The molecule has 0 aliphatic rings. The van der Waals surface area contributed by atoms with Crippen molar-refractivity contribution < 1.29 is 118 Å². The molecule has 0 aromatic heterocycles. The summed E-state index contributed by atoms with van der Waals surface area (Å²) in [5.41, 5.74) is 4.68. The molecule has 78 heavy (non-hydrogen) atoms. The van der Waals surface area contributed by atoms with E-state index in [4.69, 9.17) is 17.3 Å².